The number of hydrogen-bond acceptors (Lipinski definition) is 7. The molecule has 30 heavy (non-hydrogen) atoms. The summed E-state index contributed by atoms with van der Waals surface area (Å²) in [5, 5.41) is 33.1. The van der Waals surface area contributed by atoms with E-state index in [4.69, 9.17) is 0 Å². The van der Waals surface area contributed by atoms with Gasteiger partial charge in [-0.1, -0.05) is 42.5 Å². The molecule has 154 valence electrons. The zero-order valence-electron chi connectivity index (χ0n) is 15.7. The topological polar surface area (TPSA) is 141 Å². The number of nitro groups is 1. The number of aliphatic hydroxyl groups is 1. The molecule has 0 bridgehead atoms. The Morgan fingerprint density at radius 2 is 1.70 bits per heavy atom. The fraction of sp³-hybridized carbons (Fsp3) is 0.190. The summed E-state index contributed by atoms with van der Waals surface area (Å²) in [6.07, 6.45) is -0.372. The van der Waals surface area contributed by atoms with Crippen molar-refractivity contribution in [2.75, 3.05) is 6.54 Å². The van der Waals surface area contributed by atoms with Crippen molar-refractivity contribution in [3.05, 3.63) is 81.4 Å². The molecule has 1 aliphatic heterocycles. The number of likely N-dealkylation sites (tertiary alicyclic amines) is 1. The van der Waals surface area contributed by atoms with Crippen LogP contribution in [0.2, 0.25) is 0 Å². The molecule has 1 fully saturated rings. The van der Waals surface area contributed by atoms with Crippen molar-refractivity contribution in [2.45, 2.75) is 18.9 Å². The van der Waals surface area contributed by atoms with E-state index in [2.05, 4.69) is 0 Å². The molecule has 1 N–H and O–H groups in total. The first-order valence-electron chi connectivity index (χ1n) is 9.10. The lowest BCUT2D eigenvalue weighted by Crippen LogP contribution is -2.32. The molecule has 0 spiro atoms. The average Bonchev–Trinajstić information content (AvgIpc) is 2.98. The molecule has 0 unspecified atom stereocenters. The van der Waals surface area contributed by atoms with E-state index in [0.717, 1.165) is 4.90 Å². The van der Waals surface area contributed by atoms with E-state index >= 15 is 0 Å². The van der Waals surface area contributed by atoms with Crippen LogP contribution in [0.25, 0.3) is 5.76 Å². The molecule has 1 saturated heterocycles. The van der Waals surface area contributed by atoms with Crippen molar-refractivity contribution in [3.8, 4) is 0 Å². The number of carboxylic acid groups (broad SMARTS) is 1. The van der Waals surface area contributed by atoms with Gasteiger partial charge in [-0.15, -0.1) is 0 Å². The highest BCUT2D eigenvalue weighted by atomic mass is 16.6. The Balaban J connectivity index is 2.18. The average molecular weight is 409 g/mol. The molecular formula is C21H17N2O7-. The molecule has 2 aromatic rings. The summed E-state index contributed by atoms with van der Waals surface area (Å²) in [6.45, 7) is -0.152. The molecule has 0 aliphatic carbocycles. The van der Waals surface area contributed by atoms with Gasteiger partial charge in [0.05, 0.1) is 22.1 Å². The standard InChI is InChI=1S/C21H18N2O7/c24-16(25)11-6-12-22-18(14-9-4-5-10-15(14)23(29)30)17(20(27)21(22)28)19(26)13-7-2-1-3-8-13/h1-5,7-10,18,26H,6,11-12H2,(H,24,25)/p-1/t18-/m1/s1. The predicted octanol–water partition coefficient (Wildman–Crippen LogP) is 1.55. The van der Waals surface area contributed by atoms with Crippen LogP contribution in [0.3, 0.4) is 0 Å². The van der Waals surface area contributed by atoms with Gasteiger partial charge in [0, 0.05) is 24.1 Å². The van der Waals surface area contributed by atoms with Gasteiger partial charge in [0.2, 0.25) is 0 Å². The largest absolute Gasteiger partial charge is 0.550 e. The van der Waals surface area contributed by atoms with Gasteiger partial charge in [-0.25, -0.2) is 0 Å². The number of carboxylic acids is 1. The second-order valence-corrected chi connectivity index (χ2v) is 6.65. The summed E-state index contributed by atoms with van der Waals surface area (Å²) in [4.78, 5) is 48.2. The summed E-state index contributed by atoms with van der Waals surface area (Å²) in [5.74, 6) is -3.74. The summed E-state index contributed by atoms with van der Waals surface area (Å²) in [6, 6.07) is 12.4. The van der Waals surface area contributed by atoms with Crippen molar-refractivity contribution in [3.63, 3.8) is 0 Å². The maximum absolute atomic E-state index is 12.8. The third kappa shape index (κ3) is 3.90. The van der Waals surface area contributed by atoms with Crippen LogP contribution in [-0.2, 0) is 14.4 Å². The zero-order valence-corrected chi connectivity index (χ0v) is 15.7. The van der Waals surface area contributed by atoms with Crippen LogP contribution in [0.15, 0.2) is 60.2 Å². The van der Waals surface area contributed by atoms with E-state index in [0.29, 0.717) is 0 Å². The second-order valence-electron chi connectivity index (χ2n) is 6.65. The van der Waals surface area contributed by atoms with Gasteiger partial charge in [0.1, 0.15) is 5.76 Å². The fourth-order valence-corrected chi connectivity index (χ4v) is 3.46. The van der Waals surface area contributed by atoms with Crippen molar-refractivity contribution in [1.29, 1.82) is 0 Å². The second kappa shape index (κ2) is 8.56. The SMILES string of the molecule is O=C([O-])CCCN1C(=O)C(=O)C(=C(O)c2ccccc2)[C@H]1c1ccccc1[N+](=O)[O-]. The van der Waals surface area contributed by atoms with E-state index in [9.17, 15) is 34.7 Å². The molecule has 9 heteroatoms. The molecule has 1 amide bonds. The normalized spacial score (nSPS) is 17.9. The first-order valence-corrected chi connectivity index (χ1v) is 9.10. The molecule has 1 aliphatic rings. The summed E-state index contributed by atoms with van der Waals surface area (Å²) >= 11 is 0. The lowest BCUT2D eigenvalue weighted by atomic mass is 9.94. The summed E-state index contributed by atoms with van der Waals surface area (Å²) in [7, 11) is 0. The molecule has 0 radical (unpaired) electrons. The van der Waals surface area contributed by atoms with Gasteiger partial charge in [-0.05, 0) is 18.9 Å². The minimum Gasteiger partial charge on any atom is -0.550 e. The minimum absolute atomic E-state index is 0.0160. The fourth-order valence-electron chi connectivity index (χ4n) is 3.46. The molecule has 1 heterocycles. The predicted molar refractivity (Wildman–Crippen MR) is 103 cm³/mol. The van der Waals surface area contributed by atoms with Gasteiger partial charge in [-0.2, -0.15) is 0 Å². The van der Waals surface area contributed by atoms with E-state index in [1.54, 1.807) is 18.2 Å². The number of amides is 1. The van der Waals surface area contributed by atoms with Gasteiger partial charge in [-0.3, -0.25) is 19.7 Å². The van der Waals surface area contributed by atoms with Crippen molar-refractivity contribution in [2.24, 2.45) is 0 Å². The van der Waals surface area contributed by atoms with Crippen molar-refractivity contribution in [1.82, 2.24) is 4.90 Å². The van der Waals surface area contributed by atoms with Crippen molar-refractivity contribution < 1.29 is 29.5 Å². The Hall–Kier alpha value is -4.01. The number of nitro benzene ring substituents is 1. The number of Topliss-reactive ketones (excluding diaryl/α,β-unsaturated/α-hetero) is 1. The summed E-state index contributed by atoms with van der Waals surface area (Å²) in [5.41, 5.74) is -0.288. The first kappa shape index (κ1) is 20.7. The van der Waals surface area contributed by atoms with E-state index in [1.807, 2.05) is 0 Å². The molecule has 2 aromatic carbocycles. The number of carbonyl (C=O) groups is 3. The maximum atomic E-state index is 12.8. The Morgan fingerprint density at radius 1 is 1.07 bits per heavy atom. The third-order valence-electron chi connectivity index (χ3n) is 4.80. The highest BCUT2D eigenvalue weighted by Crippen LogP contribution is 2.42. The van der Waals surface area contributed by atoms with Gasteiger partial charge < -0.3 is 19.9 Å². The van der Waals surface area contributed by atoms with Gasteiger partial charge in [0.25, 0.3) is 17.4 Å². The third-order valence-corrected chi connectivity index (χ3v) is 4.80. The maximum Gasteiger partial charge on any atom is 0.295 e. The summed E-state index contributed by atoms with van der Waals surface area (Å²) < 4.78 is 0. The highest BCUT2D eigenvalue weighted by Gasteiger charge is 2.47. The number of aliphatic carboxylic acids is 1. The van der Waals surface area contributed by atoms with Crippen LogP contribution >= 0.6 is 0 Å². The molecular weight excluding hydrogens is 392 g/mol. The van der Waals surface area contributed by atoms with Crippen LogP contribution in [0.1, 0.15) is 30.0 Å². The quantitative estimate of drug-likeness (QED) is 0.240. The molecule has 9 nitrogen and oxygen atoms in total. The van der Waals surface area contributed by atoms with Gasteiger partial charge >= 0.3 is 0 Å². The van der Waals surface area contributed by atoms with E-state index in [-0.39, 0.29) is 41.8 Å². The van der Waals surface area contributed by atoms with Crippen LogP contribution in [-0.4, -0.2) is 39.1 Å². The number of nitrogens with zero attached hydrogens (tertiary/aromatic N) is 2. The Kier molecular flexibility index (Phi) is 5.91. The Bertz CT molecular complexity index is 1050. The van der Waals surface area contributed by atoms with Crippen molar-refractivity contribution >= 4 is 29.1 Å². The lowest BCUT2D eigenvalue weighted by molar-refractivity contribution is -0.385. The number of hydrogen-bond donors (Lipinski definition) is 1. The molecule has 1 atom stereocenters. The number of benzene rings is 2. The monoisotopic (exact) mass is 409 g/mol. The number of para-hydroxylation sites is 1. The molecule has 0 aromatic heterocycles. The minimum atomic E-state index is -1.32. The van der Waals surface area contributed by atoms with E-state index < -0.39 is 34.4 Å². The van der Waals surface area contributed by atoms with Crippen LogP contribution in [0, 0.1) is 10.1 Å². The smallest absolute Gasteiger partial charge is 0.295 e. The Morgan fingerprint density at radius 3 is 2.33 bits per heavy atom. The van der Waals surface area contributed by atoms with Gasteiger partial charge in [0.15, 0.2) is 0 Å². The lowest BCUT2D eigenvalue weighted by Gasteiger charge is -2.25. The number of rotatable bonds is 7. The van der Waals surface area contributed by atoms with Crippen LogP contribution in [0.4, 0.5) is 5.69 Å². The van der Waals surface area contributed by atoms with E-state index in [1.165, 1.54) is 36.4 Å². The molecule has 3 rings (SSSR count). The first-order chi connectivity index (χ1) is 14.3. The zero-order chi connectivity index (χ0) is 21.8. The van der Waals surface area contributed by atoms with Crippen LogP contribution < -0.4 is 5.11 Å². The molecule has 0 saturated carbocycles. The van der Waals surface area contributed by atoms with Crippen LogP contribution in [0.5, 0.6) is 0 Å². The number of carbonyl (C=O) groups excluding carboxylic acids is 3. The Labute approximate surface area is 171 Å². The number of aliphatic hydroxyl groups excluding tert-OH is 1. The number of ketones is 1. The highest BCUT2D eigenvalue weighted by molar-refractivity contribution is 6.46.